The third-order valence-corrected chi connectivity index (χ3v) is 3.69. The smallest absolute Gasteiger partial charge is 0.306 e. The topological polar surface area (TPSA) is 105 Å². The van der Waals surface area contributed by atoms with Gasteiger partial charge in [-0.05, 0) is 44.0 Å². The molecule has 0 aliphatic heterocycles. The summed E-state index contributed by atoms with van der Waals surface area (Å²) in [5, 5.41) is 14.0. The summed E-state index contributed by atoms with van der Waals surface area (Å²) in [5.41, 5.74) is 0.441. The van der Waals surface area contributed by atoms with Crippen molar-refractivity contribution in [2.24, 2.45) is 5.92 Å². The molecule has 1 aromatic carbocycles. The minimum atomic E-state index is -0.834. The Morgan fingerprint density at radius 3 is 2.43 bits per heavy atom. The predicted octanol–water partition coefficient (Wildman–Crippen LogP) is 0.794. The van der Waals surface area contributed by atoms with Gasteiger partial charge in [-0.2, -0.15) is 0 Å². The third kappa shape index (κ3) is 4.70. The van der Waals surface area contributed by atoms with Crippen LogP contribution in [0.3, 0.4) is 0 Å². The number of carboxylic acid groups (broad SMARTS) is 1. The van der Waals surface area contributed by atoms with Crippen LogP contribution in [0.1, 0.15) is 30.1 Å². The van der Waals surface area contributed by atoms with Gasteiger partial charge in [0, 0.05) is 11.6 Å². The van der Waals surface area contributed by atoms with E-state index in [1.54, 1.807) is 24.3 Å². The van der Waals surface area contributed by atoms with Gasteiger partial charge in [-0.1, -0.05) is 0 Å². The van der Waals surface area contributed by atoms with E-state index in [0.717, 1.165) is 0 Å². The number of benzene rings is 1. The van der Waals surface area contributed by atoms with E-state index in [0.29, 0.717) is 30.8 Å². The first kappa shape index (κ1) is 16.8. The van der Waals surface area contributed by atoms with Gasteiger partial charge in [0.05, 0.1) is 19.1 Å². The number of nitrogens with one attached hydrogen (secondary N) is 2. The van der Waals surface area contributed by atoms with Crippen LogP contribution in [0.2, 0.25) is 0 Å². The average Bonchev–Trinajstić information content (AvgIpc) is 2.48. The van der Waals surface area contributed by atoms with Crippen LogP contribution in [0.15, 0.2) is 24.3 Å². The van der Waals surface area contributed by atoms with Gasteiger partial charge < -0.3 is 20.5 Å². The summed E-state index contributed by atoms with van der Waals surface area (Å²) >= 11 is 0. The molecule has 7 nitrogen and oxygen atoms in total. The van der Waals surface area contributed by atoms with E-state index in [9.17, 15) is 14.4 Å². The fraction of sp³-hybridized carbons (Fsp3) is 0.438. The van der Waals surface area contributed by atoms with E-state index in [2.05, 4.69) is 10.6 Å². The maximum atomic E-state index is 11.9. The molecule has 1 saturated carbocycles. The quantitative estimate of drug-likeness (QED) is 0.689. The summed E-state index contributed by atoms with van der Waals surface area (Å²) in [6.07, 6.45) is 0.877. The zero-order chi connectivity index (χ0) is 16.8. The summed E-state index contributed by atoms with van der Waals surface area (Å²) in [4.78, 5) is 34.3. The summed E-state index contributed by atoms with van der Waals surface area (Å²) in [5.74, 6) is -1.20. The van der Waals surface area contributed by atoms with Crippen molar-refractivity contribution >= 4 is 17.8 Å². The molecule has 23 heavy (non-hydrogen) atoms. The molecule has 0 bridgehead atoms. The minimum absolute atomic E-state index is 0.119. The number of hydrogen-bond acceptors (Lipinski definition) is 4. The van der Waals surface area contributed by atoms with Crippen LogP contribution in [-0.4, -0.2) is 42.1 Å². The Labute approximate surface area is 134 Å². The molecule has 1 aromatic rings. The van der Waals surface area contributed by atoms with Crippen LogP contribution in [-0.2, 0) is 9.59 Å². The Morgan fingerprint density at radius 1 is 1.22 bits per heavy atom. The Kier molecular flexibility index (Phi) is 5.56. The SMILES string of the molecule is CCOc1ccc(C(=O)NCC(=O)NC2CC(C(=O)O)C2)cc1. The van der Waals surface area contributed by atoms with Crippen molar-refractivity contribution in [1.29, 1.82) is 0 Å². The molecule has 1 aliphatic rings. The molecule has 3 N–H and O–H groups in total. The molecule has 7 heteroatoms. The number of hydrogen-bond donors (Lipinski definition) is 3. The zero-order valence-corrected chi connectivity index (χ0v) is 12.9. The van der Waals surface area contributed by atoms with E-state index >= 15 is 0 Å². The number of rotatable bonds is 7. The molecule has 0 unspecified atom stereocenters. The van der Waals surface area contributed by atoms with Crippen LogP contribution < -0.4 is 15.4 Å². The monoisotopic (exact) mass is 320 g/mol. The number of amides is 2. The van der Waals surface area contributed by atoms with E-state index in [-0.39, 0.29) is 30.3 Å². The molecule has 1 fully saturated rings. The lowest BCUT2D eigenvalue weighted by Crippen LogP contribution is -2.49. The van der Waals surface area contributed by atoms with E-state index < -0.39 is 5.97 Å². The highest BCUT2D eigenvalue weighted by Gasteiger charge is 2.35. The van der Waals surface area contributed by atoms with E-state index in [1.807, 2.05) is 6.92 Å². The lowest BCUT2D eigenvalue weighted by Gasteiger charge is -2.32. The van der Waals surface area contributed by atoms with Crippen LogP contribution in [0.5, 0.6) is 5.75 Å². The highest BCUT2D eigenvalue weighted by molar-refractivity contribution is 5.96. The lowest BCUT2D eigenvalue weighted by molar-refractivity contribution is -0.146. The Morgan fingerprint density at radius 2 is 1.87 bits per heavy atom. The second kappa shape index (κ2) is 7.62. The summed E-state index contributed by atoms with van der Waals surface area (Å²) in [6, 6.07) is 6.52. The predicted molar refractivity (Wildman–Crippen MR) is 82.2 cm³/mol. The molecule has 0 radical (unpaired) electrons. The van der Waals surface area contributed by atoms with E-state index in [1.165, 1.54) is 0 Å². The van der Waals surface area contributed by atoms with Crippen molar-refractivity contribution in [3.05, 3.63) is 29.8 Å². The fourth-order valence-corrected chi connectivity index (χ4v) is 2.35. The van der Waals surface area contributed by atoms with Gasteiger partial charge in [-0.25, -0.2) is 0 Å². The summed E-state index contributed by atoms with van der Waals surface area (Å²) < 4.78 is 5.29. The fourth-order valence-electron chi connectivity index (χ4n) is 2.35. The normalized spacial score (nSPS) is 19.3. The minimum Gasteiger partial charge on any atom is -0.494 e. The van der Waals surface area contributed by atoms with Crippen molar-refractivity contribution in [1.82, 2.24) is 10.6 Å². The van der Waals surface area contributed by atoms with Crippen LogP contribution in [0, 0.1) is 5.92 Å². The molecule has 2 amide bonds. The molecular weight excluding hydrogens is 300 g/mol. The zero-order valence-electron chi connectivity index (χ0n) is 12.9. The standard InChI is InChI=1S/C16H20N2O5/c1-2-23-13-5-3-10(4-6-13)15(20)17-9-14(19)18-12-7-11(8-12)16(21)22/h3-6,11-12H,2,7-9H2,1H3,(H,17,20)(H,18,19)(H,21,22). The largest absolute Gasteiger partial charge is 0.494 e. The maximum absolute atomic E-state index is 11.9. The van der Waals surface area contributed by atoms with Crippen LogP contribution in [0.4, 0.5) is 0 Å². The lowest BCUT2D eigenvalue weighted by atomic mass is 9.80. The Balaban J connectivity index is 1.71. The first-order valence-electron chi connectivity index (χ1n) is 7.52. The van der Waals surface area contributed by atoms with Crippen molar-refractivity contribution in [3.63, 3.8) is 0 Å². The average molecular weight is 320 g/mol. The highest BCUT2D eigenvalue weighted by Crippen LogP contribution is 2.27. The van der Waals surface area contributed by atoms with Gasteiger partial charge in [0.15, 0.2) is 0 Å². The number of carboxylic acids is 1. The second-order valence-corrected chi connectivity index (χ2v) is 5.41. The molecule has 1 aliphatic carbocycles. The van der Waals surface area contributed by atoms with Crippen molar-refractivity contribution in [2.75, 3.05) is 13.2 Å². The second-order valence-electron chi connectivity index (χ2n) is 5.41. The number of carbonyl (C=O) groups excluding carboxylic acids is 2. The molecule has 0 spiro atoms. The van der Waals surface area contributed by atoms with Gasteiger partial charge >= 0.3 is 5.97 Å². The van der Waals surface area contributed by atoms with Gasteiger partial charge in [-0.15, -0.1) is 0 Å². The first-order valence-corrected chi connectivity index (χ1v) is 7.52. The van der Waals surface area contributed by atoms with Gasteiger partial charge in [0.25, 0.3) is 5.91 Å². The molecule has 0 saturated heterocycles. The van der Waals surface area contributed by atoms with Gasteiger partial charge in [-0.3, -0.25) is 14.4 Å². The molecular formula is C16H20N2O5. The number of ether oxygens (including phenoxy) is 1. The van der Waals surface area contributed by atoms with Crippen molar-refractivity contribution in [3.8, 4) is 5.75 Å². The first-order chi connectivity index (χ1) is 11.0. The Bertz CT molecular complexity index is 579. The number of aliphatic carboxylic acids is 1. The van der Waals surface area contributed by atoms with Crippen LogP contribution in [0.25, 0.3) is 0 Å². The van der Waals surface area contributed by atoms with E-state index in [4.69, 9.17) is 9.84 Å². The third-order valence-electron chi connectivity index (χ3n) is 3.69. The Hall–Kier alpha value is -2.57. The van der Waals surface area contributed by atoms with Gasteiger partial charge in [0.1, 0.15) is 5.75 Å². The molecule has 0 atom stereocenters. The summed E-state index contributed by atoms with van der Waals surface area (Å²) in [7, 11) is 0. The highest BCUT2D eigenvalue weighted by atomic mass is 16.5. The van der Waals surface area contributed by atoms with Crippen molar-refractivity contribution in [2.45, 2.75) is 25.8 Å². The molecule has 2 rings (SSSR count). The maximum Gasteiger partial charge on any atom is 0.306 e. The number of carbonyl (C=O) groups is 3. The molecule has 0 aromatic heterocycles. The van der Waals surface area contributed by atoms with Gasteiger partial charge in [0.2, 0.25) is 5.91 Å². The molecule has 124 valence electrons. The van der Waals surface area contributed by atoms with Crippen molar-refractivity contribution < 1.29 is 24.2 Å². The molecule has 0 heterocycles. The van der Waals surface area contributed by atoms with Crippen LogP contribution >= 0.6 is 0 Å². The summed E-state index contributed by atoms with van der Waals surface area (Å²) in [6.45, 7) is 2.29.